The second-order valence-corrected chi connectivity index (χ2v) is 4.20. The Hall–Kier alpha value is -0.880. The van der Waals surface area contributed by atoms with Gasteiger partial charge in [0.1, 0.15) is 23.7 Å². The maximum atomic E-state index is 5.51. The van der Waals surface area contributed by atoms with Gasteiger partial charge in [-0.05, 0) is 27.7 Å². The van der Waals surface area contributed by atoms with Crippen LogP contribution in [0.25, 0.3) is 0 Å². The van der Waals surface area contributed by atoms with Crippen molar-refractivity contribution in [1.29, 1.82) is 0 Å². The van der Waals surface area contributed by atoms with Crippen LogP contribution in [0.2, 0.25) is 0 Å². The number of ether oxygens (including phenoxy) is 5. The Morgan fingerprint density at radius 2 is 1.05 bits per heavy atom. The first kappa shape index (κ1) is 18.1. The van der Waals surface area contributed by atoms with Gasteiger partial charge < -0.3 is 23.7 Å². The van der Waals surface area contributed by atoms with Crippen LogP contribution in [0.5, 0.6) is 0 Å². The molecule has 0 saturated heterocycles. The minimum absolute atomic E-state index is 0.307. The van der Waals surface area contributed by atoms with Gasteiger partial charge in [0.2, 0.25) is 0 Å². The highest BCUT2D eigenvalue weighted by atomic mass is 16.7. The summed E-state index contributed by atoms with van der Waals surface area (Å²) in [5.74, 6) is 0.906. The molecule has 5 nitrogen and oxygen atoms in total. The average molecular weight is 274 g/mol. The Kier molecular flexibility index (Phi) is 8.67. The fourth-order valence-corrected chi connectivity index (χ4v) is 1.17. The Bertz CT molecular complexity index is 262. The topological polar surface area (TPSA) is 46.2 Å². The first-order valence-electron chi connectivity index (χ1n) is 6.23. The van der Waals surface area contributed by atoms with Crippen molar-refractivity contribution < 1.29 is 23.7 Å². The Morgan fingerprint density at radius 1 is 0.737 bits per heavy atom. The zero-order valence-corrected chi connectivity index (χ0v) is 12.8. The van der Waals surface area contributed by atoms with Gasteiger partial charge >= 0.3 is 0 Å². The van der Waals surface area contributed by atoms with Gasteiger partial charge in [-0.2, -0.15) is 0 Å². The predicted octanol–water partition coefficient (Wildman–Crippen LogP) is 2.83. The van der Waals surface area contributed by atoms with Gasteiger partial charge in [0.05, 0.1) is 0 Å². The zero-order valence-electron chi connectivity index (χ0n) is 12.8. The molecule has 0 rings (SSSR count). The smallest absolute Gasteiger partial charge is 0.155 e. The summed E-state index contributed by atoms with van der Waals surface area (Å²) < 4.78 is 26.5. The number of hydrogen-bond acceptors (Lipinski definition) is 5. The molecule has 0 aromatic heterocycles. The molecule has 4 unspecified atom stereocenters. The third kappa shape index (κ3) is 7.32. The average Bonchev–Trinajstić information content (AvgIpc) is 2.37. The lowest BCUT2D eigenvalue weighted by molar-refractivity contribution is -0.147. The van der Waals surface area contributed by atoms with Crippen molar-refractivity contribution in [2.24, 2.45) is 0 Å². The van der Waals surface area contributed by atoms with E-state index in [1.54, 1.807) is 28.1 Å². The van der Waals surface area contributed by atoms with Crippen LogP contribution in [0.1, 0.15) is 27.7 Å². The summed E-state index contributed by atoms with van der Waals surface area (Å²) in [6.07, 6.45) is -1.27. The highest BCUT2D eigenvalue weighted by Gasteiger charge is 2.17. The van der Waals surface area contributed by atoms with Crippen molar-refractivity contribution in [2.75, 3.05) is 14.2 Å². The van der Waals surface area contributed by atoms with E-state index in [0.717, 1.165) is 0 Å². The second-order valence-electron chi connectivity index (χ2n) is 4.20. The third-order valence-corrected chi connectivity index (χ3v) is 2.62. The van der Waals surface area contributed by atoms with Crippen LogP contribution >= 0.6 is 0 Å². The molecule has 112 valence electrons. The predicted molar refractivity (Wildman–Crippen MR) is 73.4 cm³/mol. The largest absolute Gasteiger partial charge is 0.462 e. The zero-order chi connectivity index (χ0) is 15.0. The molecule has 0 aromatic carbocycles. The summed E-state index contributed by atoms with van der Waals surface area (Å²) in [6, 6.07) is 0. The molecule has 0 aromatic rings. The van der Waals surface area contributed by atoms with E-state index in [2.05, 4.69) is 13.2 Å². The van der Waals surface area contributed by atoms with Gasteiger partial charge in [-0.3, -0.25) is 0 Å². The van der Waals surface area contributed by atoms with Crippen molar-refractivity contribution in [3.63, 3.8) is 0 Å². The van der Waals surface area contributed by atoms with Crippen LogP contribution < -0.4 is 0 Å². The first-order valence-corrected chi connectivity index (χ1v) is 6.23. The van der Waals surface area contributed by atoms with Gasteiger partial charge in [-0.1, -0.05) is 13.2 Å². The molecule has 4 atom stereocenters. The number of methoxy groups -OCH3 is 2. The Balaban J connectivity index is 4.20. The van der Waals surface area contributed by atoms with E-state index >= 15 is 0 Å². The number of hydrogen-bond donors (Lipinski definition) is 0. The van der Waals surface area contributed by atoms with Crippen LogP contribution in [0.4, 0.5) is 0 Å². The molecule has 0 heterocycles. The summed E-state index contributed by atoms with van der Waals surface area (Å²) in [7, 11) is 3.14. The van der Waals surface area contributed by atoms with Gasteiger partial charge in [-0.25, -0.2) is 0 Å². The molecule has 0 spiro atoms. The highest BCUT2D eigenvalue weighted by molar-refractivity contribution is 5.01. The molecule has 0 radical (unpaired) electrons. The quantitative estimate of drug-likeness (QED) is 0.453. The summed E-state index contributed by atoms with van der Waals surface area (Å²) >= 11 is 0. The molecule has 19 heavy (non-hydrogen) atoms. The number of rotatable bonds is 10. The lowest BCUT2D eigenvalue weighted by atomic mass is 10.3. The van der Waals surface area contributed by atoms with E-state index in [0.29, 0.717) is 11.5 Å². The van der Waals surface area contributed by atoms with Crippen molar-refractivity contribution >= 4 is 0 Å². The van der Waals surface area contributed by atoms with Gasteiger partial charge in [-0.15, -0.1) is 0 Å². The summed E-state index contributed by atoms with van der Waals surface area (Å²) in [4.78, 5) is 0. The summed E-state index contributed by atoms with van der Waals surface area (Å²) in [5, 5.41) is 0. The summed E-state index contributed by atoms with van der Waals surface area (Å²) in [5.41, 5.74) is 0. The maximum Gasteiger partial charge on any atom is 0.155 e. The molecule has 0 N–H and O–H groups in total. The van der Waals surface area contributed by atoms with E-state index < -0.39 is 0 Å². The van der Waals surface area contributed by atoms with E-state index in [4.69, 9.17) is 23.7 Å². The first-order chi connectivity index (χ1) is 8.81. The van der Waals surface area contributed by atoms with Gasteiger partial charge in [0.25, 0.3) is 0 Å². The summed E-state index contributed by atoms with van der Waals surface area (Å²) in [6.45, 7) is 14.9. The molecule has 5 heteroatoms. The van der Waals surface area contributed by atoms with Crippen LogP contribution in [0.3, 0.4) is 0 Å². The van der Waals surface area contributed by atoms with Crippen LogP contribution in [0.15, 0.2) is 24.7 Å². The van der Waals surface area contributed by atoms with Crippen molar-refractivity contribution in [2.45, 2.75) is 52.5 Å². The van der Waals surface area contributed by atoms with Crippen molar-refractivity contribution in [3.8, 4) is 0 Å². The molecule has 0 saturated carbocycles. The Labute approximate surface area is 116 Å². The second kappa shape index (κ2) is 9.09. The minimum Gasteiger partial charge on any atom is -0.462 e. The van der Waals surface area contributed by atoms with E-state index in [-0.39, 0.29) is 24.8 Å². The van der Waals surface area contributed by atoms with Crippen molar-refractivity contribution in [3.05, 3.63) is 24.7 Å². The van der Waals surface area contributed by atoms with E-state index in [9.17, 15) is 0 Å². The fraction of sp³-hybridized carbons (Fsp3) is 0.714. The van der Waals surface area contributed by atoms with Crippen LogP contribution in [-0.4, -0.2) is 39.0 Å². The van der Waals surface area contributed by atoms with E-state index in [1.807, 2.05) is 13.8 Å². The minimum atomic E-state index is -0.328. The van der Waals surface area contributed by atoms with Crippen LogP contribution in [-0.2, 0) is 23.7 Å². The fourth-order valence-electron chi connectivity index (χ4n) is 1.17. The molecule has 0 aliphatic rings. The molecular formula is C14H26O5. The lowest BCUT2D eigenvalue weighted by Crippen LogP contribution is -2.24. The van der Waals surface area contributed by atoms with E-state index in [1.165, 1.54) is 0 Å². The van der Waals surface area contributed by atoms with Gasteiger partial charge in [0, 0.05) is 14.2 Å². The molecular weight excluding hydrogens is 248 g/mol. The lowest BCUT2D eigenvalue weighted by Gasteiger charge is -2.24. The molecule has 0 aliphatic heterocycles. The molecule has 0 fully saturated rings. The maximum absolute atomic E-state index is 5.51. The SMILES string of the molecule is C=C(OC(=C)C(C)OC(C)OC)C(C)OC(C)OC. The molecule has 0 aliphatic carbocycles. The standard InChI is InChI=1S/C14H26O5/c1-9(11(3)18-13(5)15-7)17-10(2)12(4)19-14(6)16-8/h11-14H,1-2H2,3-8H3. The van der Waals surface area contributed by atoms with Gasteiger partial charge in [0.15, 0.2) is 12.6 Å². The third-order valence-electron chi connectivity index (χ3n) is 2.62. The monoisotopic (exact) mass is 274 g/mol. The normalized spacial score (nSPS) is 17.4. The molecule has 0 bridgehead atoms. The van der Waals surface area contributed by atoms with Crippen LogP contribution in [0, 0.1) is 0 Å². The van der Waals surface area contributed by atoms with Crippen molar-refractivity contribution in [1.82, 2.24) is 0 Å². The highest BCUT2D eigenvalue weighted by Crippen LogP contribution is 2.17. The molecule has 0 amide bonds. The Morgan fingerprint density at radius 3 is 1.32 bits per heavy atom.